The average Bonchev–Trinajstić information content (AvgIpc) is 2.28. The van der Waals surface area contributed by atoms with E-state index in [9.17, 15) is 0 Å². The molecule has 94 valence electrons. The predicted octanol–water partition coefficient (Wildman–Crippen LogP) is 1.15. The van der Waals surface area contributed by atoms with Crippen LogP contribution in [0.1, 0.15) is 19.5 Å². The topological polar surface area (TPSA) is 41.0 Å². The zero-order chi connectivity index (χ0) is 12.1. The van der Waals surface area contributed by atoms with Crippen molar-refractivity contribution >= 4 is 0 Å². The van der Waals surface area contributed by atoms with Crippen LogP contribution in [0.2, 0.25) is 0 Å². The molecule has 0 aromatic carbocycles. The van der Waals surface area contributed by atoms with Crippen LogP contribution in [0.5, 0.6) is 0 Å². The lowest BCUT2D eigenvalue weighted by molar-refractivity contribution is 0.177. The fraction of sp³-hybridized carbons (Fsp3) is 0.692. The lowest BCUT2D eigenvalue weighted by Crippen LogP contribution is -2.42. The summed E-state index contributed by atoms with van der Waals surface area (Å²) in [7, 11) is 0. The van der Waals surface area contributed by atoms with Gasteiger partial charge >= 0.3 is 0 Å². The molecule has 1 N–H and O–H groups in total. The van der Waals surface area contributed by atoms with Gasteiger partial charge in [-0.3, -0.25) is 4.90 Å². The van der Waals surface area contributed by atoms with Gasteiger partial charge in [0.15, 0.2) is 0 Å². The molecule has 0 saturated carbocycles. The number of aromatic nitrogens is 2. The van der Waals surface area contributed by atoms with Crippen LogP contribution in [0.3, 0.4) is 0 Å². The zero-order valence-corrected chi connectivity index (χ0v) is 10.8. The summed E-state index contributed by atoms with van der Waals surface area (Å²) in [6, 6.07) is 2.01. The molecular formula is C13H22N4. The molecule has 1 aromatic rings. The number of rotatable bonds is 2. The number of hydrogen-bond acceptors (Lipinski definition) is 4. The number of nitrogens with zero attached hydrogens (tertiary/aromatic N) is 3. The Bertz CT molecular complexity index is 315. The standard InChI is InChI=1S/C13H22N4/c1-11-5-15-6-12(2)8-17(7-11)9-13-3-4-14-10-16-13/h3-4,10-12,15H,5-9H2,1-2H3. The van der Waals surface area contributed by atoms with Crippen molar-refractivity contribution in [3.05, 3.63) is 24.3 Å². The van der Waals surface area contributed by atoms with E-state index in [2.05, 4.69) is 34.0 Å². The maximum absolute atomic E-state index is 4.31. The second kappa shape index (κ2) is 6.07. The first-order valence-electron chi connectivity index (χ1n) is 6.42. The summed E-state index contributed by atoms with van der Waals surface area (Å²) in [5, 5.41) is 3.52. The van der Waals surface area contributed by atoms with Crippen LogP contribution >= 0.6 is 0 Å². The minimum absolute atomic E-state index is 0.698. The van der Waals surface area contributed by atoms with E-state index in [1.807, 2.05) is 12.3 Å². The van der Waals surface area contributed by atoms with Crippen molar-refractivity contribution in [1.82, 2.24) is 20.2 Å². The molecule has 1 aliphatic rings. The highest BCUT2D eigenvalue weighted by molar-refractivity contribution is 4.97. The summed E-state index contributed by atoms with van der Waals surface area (Å²) in [5.41, 5.74) is 1.12. The van der Waals surface area contributed by atoms with Gasteiger partial charge < -0.3 is 5.32 Å². The van der Waals surface area contributed by atoms with Crippen molar-refractivity contribution in [1.29, 1.82) is 0 Å². The molecule has 0 bridgehead atoms. The first-order valence-corrected chi connectivity index (χ1v) is 6.42. The first-order chi connectivity index (χ1) is 8.24. The Morgan fingerprint density at radius 2 is 2.00 bits per heavy atom. The largest absolute Gasteiger partial charge is 0.316 e. The molecule has 1 fully saturated rings. The Kier molecular flexibility index (Phi) is 4.45. The Morgan fingerprint density at radius 1 is 1.29 bits per heavy atom. The van der Waals surface area contributed by atoms with Crippen LogP contribution in [0.15, 0.2) is 18.6 Å². The molecule has 1 saturated heterocycles. The summed E-state index contributed by atoms with van der Waals surface area (Å²) >= 11 is 0. The molecule has 2 unspecified atom stereocenters. The van der Waals surface area contributed by atoms with Gasteiger partial charge in [-0.15, -0.1) is 0 Å². The fourth-order valence-electron chi connectivity index (χ4n) is 2.43. The van der Waals surface area contributed by atoms with Gasteiger partial charge in [0.1, 0.15) is 6.33 Å². The van der Waals surface area contributed by atoms with Crippen LogP contribution in [0, 0.1) is 11.8 Å². The maximum atomic E-state index is 4.31. The minimum atomic E-state index is 0.698. The minimum Gasteiger partial charge on any atom is -0.316 e. The predicted molar refractivity (Wildman–Crippen MR) is 68.5 cm³/mol. The molecule has 1 aromatic heterocycles. The van der Waals surface area contributed by atoms with E-state index < -0.39 is 0 Å². The van der Waals surface area contributed by atoms with Crippen LogP contribution in [-0.4, -0.2) is 41.0 Å². The zero-order valence-electron chi connectivity index (χ0n) is 10.8. The van der Waals surface area contributed by atoms with Crippen molar-refractivity contribution in [2.45, 2.75) is 20.4 Å². The highest BCUT2D eigenvalue weighted by Gasteiger charge is 2.17. The van der Waals surface area contributed by atoms with Gasteiger partial charge in [-0.05, 0) is 31.0 Å². The molecule has 4 nitrogen and oxygen atoms in total. The number of hydrogen-bond donors (Lipinski definition) is 1. The van der Waals surface area contributed by atoms with Crippen LogP contribution < -0.4 is 5.32 Å². The van der Waals surface area contributed by atoms with Crippen molar-refractivity contribution in [2.75, 3.05) is 26.2 Å². The first kappa shape index (κ1) is 12.5. The van der Waals surface area contributed by atoms with E-state index in [1.165, 1.54) is 0 Å². The van der Waals surface area contributed by atoms with Crippen molar-refractivity contribution in [2.24, 2.45) is 11.8 Å². The third-order valence-electron chi connectivity index (χ3n) is 3.15. The summed E-state index contributed by atoms with van der Waals surface area (Å²) in [6.07, 6.45) is 3.45. The van der Waals surface area contributed by atoms with E-state index in [1.54, 1.807) is 6.33 Å². The second-order valence-corrected chi connectivity index (χ2v) is 5.26. The van der Waals surface area contributed by atoms with Crippen LogP contribution in [0.25, 0.3) is 0 Å². The van der Waals surface area contributed by atoms with E-state index in [0.29, 0.717) is 11.8 Å². The Morgan fingerprint density at radius 3 is 2.59 bits per heavy atom. The normalized spacial score (nSPS) is 27.4. The van der Waals surface area contributed by atoms with Gasteiger partial charge in [-0.25, -0.2) is 9.97 Å². The lowest BCUT2D eigenvalue weighted by atomic mass is 10.1. The third-order valence-corrected chi connectivity index (χ3v) is 3.15. The van der Waals surface area contributed by atoms with E-state index in [0.717, 1.165) is 38.4 Å². The molecule has 2 atom stereocenters. The molecular weight excluding hydrogens is 212 g/mol. The summed E-state index contributed by atoms with van der Waals surface area (Å²) in [5.74, 6) is 1.40. The second-order valence-electron chi connectivity index (χ2n) is 5.26. The molecule has 0 amide bonds. The van der Waals surface area contributed by atoms with Crippen molar-refractivity contribution in [3.8, 4) is 0 Å². The maximum Gasteiger partial charge on any atom is 0.115 e. The smallest absolute Gasteiger partial charge is 0.115 e. The average molecular weight is 234 g/mol. The van der Waals surface area contributed by atoms with Gasteiger partial charge in [-0.2, -0.15) is 0 Å². The quantitative estimate of drug-likeness (QED) is 0.833. The molecule has 4 heteroatoms. The van der Waals surface area contributed by atoms with Gasteiger partial charge in [0.2, 0.25) is 0 Å². The van der Waals surface area contributed by atoms with E-state index in [4.69, 9.17) is 0 Å². The van der Waals surface area contributed by atoms with Gasteiger partial charge in [0.25, 0.3) is 0 Å². The number of nitrogens with one attached hydrogen (secondary N) is 1. The monoisotopic (exact) mass is 234 g/mol. The highest BCUT2D eigenvalue weighted by atomic mass is 15.1. The SMILES string of the molecule is CC1CNCC(C)CN(Cc2ccncn2)C1. The third kappa shape index (κ3) is 4.06. The molecule has 0 aliphatic carbocycles. The van der Waals surface area contributed by atoms with Gasteiger partial charge in [0.05, 0.1) is 5.69 Å². The molecule has 1 aliphatic heterocycles. The van der Waals surface area contributed by atoms with Crippen LogP contribution in [-0.2, 0) is 6.54 Å². The lowest BCUT2D eigenvalue weighted by Gasteiger charge is -2.31. The molecule has 0 spiro atoms. The molecule has 2 rings (SSSR count). The molecule has 0 radical (unpaired) electrons. The summed E-state index contributed by atoms with van der Waals surface area (Å²) < 4.78 is 0. The highest BCUT2D eigenvalue weighted by Crippen LogP contribution is 2.10. The molecule has 2 heterocycles. The summed E-state index contributed by atoms with van der Waals surface area (Å²) in [4.78, 5) is 10.8. The van der Waals surface area contributed by atoms with E-state index >= 15 is 0 Å². The van der Waals surface area contributed by atoms with E-state index in [-0.39, 0.29) is 0 Å². The Balaban J connectivity index is 1.96. The van der Waals surface area contributed by atoms with Gasteiger partial charge in [-0.1, -0.05) is 13.8 Å². The fourth-order valence-corrected chi connectivity index (χ4v) is 2.43. The summed E-state index contributed by atoms with van der Waals surface area (Å²) in [6.45, 7) is 10.1. The Hall–Kier alpha value is -1.00. The Labute approximate surface area is 103 Å². The molecule has 17 heavy (non-hydrogen) atoms. The van der Waals surface area contributed by atoms with Crippen molar-refractivity contribution in [3.63, 3.8) is 0 Å². The van der Waals surface area contributed by atoms with Crippen LogP contribution in [0.4, 0.5) is 0 Å². The van der Waals surface area contributed by atoms with Gasteiger partial charge in [0, 0.05) is 25.8 Å². The van der Waals surface area contributed by atoms with Crippen molar-refractivity contribution < 1.29 is 0 Å².